The molecule has 19 heavy (non-hydrogen) atoms. The highest BCUT2D eigenvalue weighted by molar-refractivity contribution is 9.10. The molecule has 2 aromatic carbocycles. The fourth-order valence-corrected chi connectivity index (χ4v) is 2.19. The van der Waals surface area contributed by atoms with E-state index >= 15 is 0 Å². The SMILES string of the molecule is Cc1cccc(OCC=Cc2cc(F)cc(Br)c2)c1. The molecule has 0 aromatic heterocycles. The monoisotopic (exact) mass is 320 g/mol. The summed E-state index contributed by atoms with van der Waals surface area (Å²) in [5.41, 5.74) is 1.97. The van der Waals surface area contributed by atoms with Crippen LogP contribution in [-0.4, -0.2) is 6.61 Å². The van der Waals surface area contributed by atoms with Crippen molar-refractivity contribution >= 4 is 22.0 Å². The quantitative estimate of drug-likeness (QED) is 0.771. The Kier molecular flexibility index (Phi) is 4.74. The van der Waals surface area contributed by atoms with Gasteiger partial charge in [0.05, 0.1) is 0 Å². The van der Waals surface area contributed by atoms with Crippen LogP contribution in [0.1, 0.15) is 11.1 Å². The van der Waals surface area contributed by atoms with Crippen LogP contribution in [0.4, 0.5) is 4.39 Å². The Balaban J connectivity index is 1.93. The molecule has 0 aliphatic heterocycles. The summed E-state index contributed by atoms with van der Waals surface area (Å²) in [6.45, 7) is 2.48. The molecule has 2 aromatic rings. The third-order valence-electron chi connectivity index (χ3n) is 2.53. The number of benzene rings is 2. The van der Waals surface area contributed by atoms with Crippen molar-refractivity contribution in [2.24, 2.45) is 0 Å². The molecule has 0 bridgehead atoms. The van der Waals surface area contributed by atoms with Crippen LogP contribution in [0.5, 0.6) is 5.75 Å². The van der Waals surface area contributed by atoms with Gasteiger partial charge in [-0.05, 0) is 54.5 Å². The van der Waals surface area contributed by atoms with E-state index < -0.39 is 0 Å². The van der Waals surface area contributed by atoms with E-state index in [1.807, 2.05) is 49.4 Å². The maximum atomic E-state index is 13.2. The molecule has 0 saturated carbocycles. The van der Waals surface area contributed by atoms with Crippen LogP contribution in [0.15, 0.2) is 53.0 Å². The summed E-state index contributed by atoms with van der Waals surface area (Å²) in [4.78, 5) is 0. The Morgan fingerprint density at radius 1 is 1.21 bits per heavy atom. The van der Waals surface area contributed by atoms with E-state index in [4.69, 9.17) is 4.74 Å². The zero-order valence-electron chi connectivity index (χ0n) is 10.6. The number of halogens is 2. The van der Waals surface area contributed by atoms with Gasteiger partial charge in [-0.15, -0.1) is 0 Å². The van der Waals surface area contributed by atoms with Gasteiger partial charge in [0.25, 0.3) is 0 Å². The smallest absolute Gasteiger partial charge is 0.124 e. The van der Waals surface area contributed by atoms with E-state index in [2.05, 4.69) is 15.9 Å². The lowest BCUT2D eigenvalue weighted by Crippen LogP contribution is -1.93. The Labute approximate surface area is 120 Å². The highest BCUT2D eigenvalue weighted by atomic mass is 79.9. The van der Waals surface area contributed by atoms with Crippen LogP contribution in [0.3, 0.4) is 0 Å². The van der Waals surface area contributed by atoms with Crippen LogP contribution < -0.4 is 4.74 Å². The average Bonchev–Trinajstić information content (AvgIpc) is 2.34. The molecule has 0 atom stereocenters. The number of rotatable bonds is 4. The molecule has 0 saturated heterocycles. The largest absolute Gasteiger partial charge is 0.490 e. The van der Waals surface area contributed by atoms with Crippen LogP contribution in [0.2, 0.25) is 0 Å². The summed E-state index contributed by atoms with van der Waals surface area (Å²) < 4.78 is 19.5. The summed E-state index contributed by atoms with van der Waals surface area (Å²) in [5.74, 6) is 0.582. The number of aryl methyl sites for hydroxylation is 1. The highest BCUT2D eigenvalue weighted by Gasteiger charge is 1.96. The Hall–Kier alpha value is -1.61. The fraction of sp³-hybridized carbons (Fsp3) is 0.125. The minimum atomic E-state index is -0.256. The molecular formula is C16H14BrFO. The first-order valence-electron chi connectivity index (χ1n) is 5.95. The van der Waals surface area contributed by atoms with Crippen molar-refractivity contribution in [2.45, 2.75) is 6.92 Å². The Morgan fingerprint density at radius 2 is 2.05 bits per heavy atom. The van der Waals surface area contributed by atoms with Gasteiger partial charge in [0.1, 0.15) is 18.2 Å². The zero-order chi connectivity index (χ0) is 13.7. The highest BCUT2D eigenvalue weighted by Crippen LogP contribution is 2.16. The number of hydrogen-bond donors (Lipinski definition) is 0. The van der Waals surface area contributed by atoms with Crippen molar-refractivity contribution in [2.75, 3.05) is 6.61 Å². The van der Waals surface area contributed by atoms with Gasteiger partial charge in [-0.25, -0.2) is 4.39 Å². The minimum absolute atomic E-state index is 0.256. The molecule has 0 amide bonds. The van der Waals surface area contributed by atoms with Crippen molar-refractivity contribution in [3.8, 4) is 5.75 Å². The summed E-state index contributed by atoms with van der Waals surface area (Å²) in [6, 6.07) is 12.6. The molecular weight excluding hydrogens is 307 g/mol. The first kappa shape index (κ1) is 13.8. The molecule has 0 N–H and O–H groups in total. The molecule has 0 aliphatic carbocycles. The standard InChI is InChI=1S/C16H14BrFO/c1-12-4-2-6-16(8-12)19-7-3-5-13-9-14(17)11-15(18)10-13/h2-6,8-11H,7H2,1H3. The topological polar surface area (TPSA) is 9.23 Å². The van der Waals surface area contributed by atoms with Crippen molar-refractivity contribution in [3.05, 3.63) is 70.0 Å². The molecule has 3 heteroatoms. The molecule has 0 fully saturated rings. The lowest BCUT2D eigenvalue weighted by Gasteiger charge is -2.03. The van der Waals surface area contributed by atoms with E-state index in [-0.39, 0.29) is 5.82 Å². The summed E-state index contributed by atoms with van der Waals surface area (Å²) in [5, 5.41) is 0. The van der Waals surface area contributed by atoms with E-state index in [1.165, 1.54) is 12.1 Å². The van der Waals surface area contributed by atoms with Crippen molar-refractivity contribution in [3.63, 3.8) is 0 Å². The van der Waals surface area contributed by atoms with Crippen LogP contribution >= 0.6 is 15.9 Å². The Bertz CT molecular complexity index is 573. The second-order valence-electron chi connectivity index (χ2n) is 4.23. The lowest BCUT2D eigenvalue weighted by molar-refractivity contribution is 0.363. The van der Waals surface area contributed by atoms with Crippen LogP contribution in [-0.2, 0) is 0 Å². The molecule has 2 rings (SSSR count). The fourth-order valence-electron chi connectivity index (χ4n) is 1.71. The van der Waals surface area contributed by atoms with E-state index in [0.29, 0.717) is 6.61 Å². The van der Waals surface area contributed by atoms with Gasteiger partial charge in [-0.2, -0.15) is 0 Å². The number of ether oxygens (including phenoxy) is 1. The second kappa shape index (κ2) is 6.53. The molecule has 1 nitrogen and oxygen atoms in total. The van der Waals surface area contributed by atoms with Gasteiger partial charge in [0, 0.05) is 4.47 Å². The van der Waals surface area contributed by atoms with E-state index in [9.17, 15) is 4.39 Å². The Morgan fingerprint density at radius 3 is 2.79 bits per heavy atom. The predicted octanol–water partition coefficient (Wildman–Crippen LogP) is 4.99. The normalized spacial score (nSPS) is 10.9. The molecule has 0 unspecified atom stereocenters. The molecule has 98 valence electrons. The predicted molar refractivity (Wildman–Crippen MR) is 79.8 cm³/mol. The van der Waals surface area contributed by atoms with Gasteiger partial charge in [0.2, 0.25) is 0 Å². The zero-order valence-corrected chi connectivity index (χ0v) is 12.2. The molecule has 0 spiro atoms. The second-order valence-corrected chi connectivity index (χ2v) is 5.15. The van der Waals surface area contributed by atoms with Crippen molar-refractivity contribution < 1.29 is 9.13 Å². The van der Waals surface area contributed by atoms with Crippen molar-refractivity contribution in [1.29, 1.82) is 0 Å². The number of hydrogen-bond acceptors (Lipinski definition) is 1. The third-order valence-corrected chi connectivity index (χ3v) is 2.99. The average molecular weight is 321 g/mol. The third kappa shape index (κ3) is 4.52. The van der Waals surface area contributed by atoms with Crippen molar-refractivity contribution in [1.82, 2.24) is 0 Å². The summed E-state index contributed by atoms with van der Waals surface area (Å²) in [6.07, 6.45) is 3.70. The van der Waals surface area contributed by atoms with Crippen LogP contribution in [0, 0.1) is 12.7 Å². The first-order chi connectivity index (χ1) is 9.13. The van der Waals surface area contributed by atoms with Gasteiger partial charge >= 0.3 is 0 Å². The van der Waals surface area contributed by atoms with Gasteiger partial charge in [0.15, 0.2) is 0 Å². The maximum absolute atomic E-state index is 13.2. The first-order valence-corrected chi connectivity index (χ1v) is 6.75. The van der Waals surface area contributed by atoms with Gasteiger partial charge < -0.3 is 4.74 Å². The van der Waals surface area contributed by atoms with E-state index in [1.54, 1.807) is 0 Å². The minimum Gasteiger partial charge on any atom is -0.490 e. The summed E-state index contributed by atoms with van der Waals surface area (Å²) in [7, 11) is 0. The van der Waals surface area contributed by atoms with Gasteiger partial charge in [-0.1, -0.05) is 34.1 Å². The van der Waals surface area contributed by atoms with E-state index in [0.717, 1.165) is 21.3 Å². The maximum Gasteiger partial charge on any atom is 0.124 e. The van der Waals surface area contributed by atoms with Gasteiger partial charge in [-0.3, -0.25) is 0 Å². The lowest BCUT2D eigenvalue weighted by atomic mass is 10.2. The van der Waals surface area contributed by atoms with Crippen LogP contribution in [0.25, 0.3) is 6.08 Å². The molecule has 0 radical (unpaired) electrons. The summed E-state index contributed by atoms with van der Waals surface area (Å²) >= 11 is 3.26. The molecule has 0 aliphatic rings. The molecule has 0 heterocycles.